The van der Waals surface area contributed by atoms with Crippen LogP contribution >= 0.6 is 0 Å². The topological polar surface area (TPSA) is 49.3 Å². The molecule has 3 nitrogen and oxygen atoms in total. The van der Waals surface area contributed by atoms with Crippen LogP contribution in [0.15, 0.2) is 24.3 Å². The molecule has 0 bridgehead atoms. The van der Waals surface area contributed by atoms with E-state index >= 15 is 0 Å². The number of nitrogens with one attached hydrogen (secondary N) is 1. The number of carbonyl (C=O) groups is 1. The number of amides is 1. The highest BCUT2D eigenvalue weighted by Crippen LogP contribution is 2.48. The average Bonchev–Trinajstić information content (AvgIpc) is 3.12. The number of carbonyl (C=O) groups excluding carboxylic acids is 1. The predicted octanol–water partition coefficient (Wildman–Crippen LogP) is 1.77. The van der Waals surface area contributed by atoms with Gasteiger partial charge in [-0.2, -0.15) is 0 Å². The van der Waals surface area contributed by atoms with Gasteiger partial charge in [-0.25, -0.2) is 0 Å². The van der Waals surface area contributed by atoms with Gasteiger partial charge in [-0.15, -0.1) is 0 Å². The fourth-order valence-corrected chi connectivity index (χ4v) is 2.11. The van der Waals surface area contributed by atoms with Crippen LogP contribution < -0.4 is 5.32 Å². The number of phenolic OH excluding ortho intramolecular Hbond substituents is 1. The molecule has 2 unspecified atom stereocenters. The van der Waals surface area contributed by atoms with Crippen molar-refractivity contribution in [2.24, 2.45) is 5.92 Å². The van der Waals surface area contributed by atoms with Crippen molar-refractivity contribution in [1.82, 2.24) is 5.32 Å². The van der Waals surface area contributed by atoms with E-state index in [1.165, 1.54) is 0 Å². The molecule has 0 spiro atoms. The van der Waals surface area contributed by atoms with Crippen LogP contribution in [-0.4, -0.2) is 17.1 Å². The first-order chi connectivity index (χ1) is 7.74. The monoisotopic (exact) mass is 217 g/mol. The molecule has 1 amide bonds. The molecule has 0 heterocycles. The molecule has 1 aromatic carbocycles. The van der Waals surface area contributed by atoms with Gasteiger partial charge in [0.05, 0.1) is 0 Å². The van der Waals surface area contributed by atoms with Crippen molar-refractivity contribution in [3.05, 3.63) is 29.8 Å². The lowest BCUT2D eigenvalue weighted by Crippen LogP contribution is -2.27. The maximum Gasteiger partial charge on any atom is 0.223 e. The molecule has 2 aliphatic rings. The molecule has 84 valence electrons. The maximum absolute atomic E-state index is 11.7. The molecule has 0 saturated heterocycles. The van der Waals surface area contributed by atoms with E-state index in [0.717, 1.165) is 24.8 Å². The second-order valence-electron chi connectivity index (χ2n) is 4.82. The largest absolute Gasteiger partial charge is 0.508 e. The van der Waals surface area contributed by atoms with Crippen LogP contribution in [-0.2, 0) is 4.79 Å². The SMILES string of the molecule is O=C(NC1CC1)C1CC1c1ccc(O)cc1. The number of rotatable bonds is 3. The second-order valence-corrected chi connectivity index (χ2v) is 4.82. The zero-order chi connectivity index (χ0) is 11.1. The van der Waals surface area contributed by atoms with Gasteiger partial charge in [0, 0.05) is 12.0 Å². The van der Waals surface area contributed by atoms with E-state index in [1.54, 1.807) is 12.1 Å². The van der Waals surface area contributed by atoms with E-state index in [9.17, 15) is 9.90 Å². The summed E-state index contributed by atoms with van der Waals surface area (Å²) in [5, 5.41) is 12.2. The molecule has 2 atom stereocenters. The zero-order valence-electron chi connectivity index (χ0n) is 9.02. The fraction of sp³-hybridized carbons (Fsp3) is 0.462. The lowest BCUT2D eigenvalue weighted by molar-refractivity contribution is -0.122. The van der Waals surface area contributed by atoms with Crippen molar-refractivity contribution in [3.8, 4) is 5.75 Å². The molecule has 0 aromatic heterocycles. The molecule has 3 rings (SSSR count). The van der Waals surface area contributed by atoms with E-state index < -0.39 is 0 Å². The first-order valence-corrected chi connectivity index (χ1v) is 5.83. The van der Waals surface area contributed by atoms with Gasteiger partial charge in [0.2, 0.25) is 5.91 Å². The Hall–Kier alpha value is -1.51. The summed E-state index contributed by atoms with van der Waals surface area (Å²) in [5.74, 6) is 1.01. The Kier molecular flexibility index (Phi) is 2.13. The summed E-state index contributed by atoms with van der Waals surface area (Å²) in [6.07, 6.45) is 3.23. The van der Waals surface area contributed by atoms with E-state index in [0.29, 0.717) is 12.0 Å². The van der Waals surface area contributed by atoms with Gasteiger partial charge >= 0.3 is 0 Å². The quantitative estimate of drug-likeness (QED) is 0.810. The van der Waals surface area contributed by atoms with E-state index in [-0.39, 0.29) is 17.6 Å². The molecule has 2 N–H and O–H groups in total. The number of hydrogen-bond donors (Lipinski definition) is 2. The minimum absolute atomic E-state index is 0.158. The zero-order valence-corrected chi connectivity index (χ0v) is 9.02. The molecule has 1 aromatic rings. The van der Waals surface area contributed by atoms with E-state index in [4.69, 9.17) is 0 Å². The highest BCUT2D eigenvalue weighted by molar-refractivity contribution is 5.83. The number of benzene rings is 1. The molecule has 2 fully saturated rings. The highest BCUT2D eigenvalue weighted by atomic mass is 16.3. The number of hydrogen-bond acceptors (Lipinski definition) is 2. The van der Waals surface area contributed by atoms with Gasteiger partial charge < -0.3 is 10.4 Å². The van der Waals surface area contributed by atoms with Crippen LogP contribution in [0.4, 0.5) is 0 Å². The molecule has 2 aliphatic carbocycles. The van der Waals surface area contributed by atoms with Crippen molar-refractivity contribution in [2.75, 3.05) is 0 Å². The summed E-state index contributed by atoms with van der Waals surface area (Å²) in [6, 6.07) is 7.63. The third-order valence-corrected chi connectivity index (χ3v) is 3.37. The number of phenols is 1. The number of aromatic hydroxyl groups is 1. The van der Waals surface area contributed by atoms with Crippen molar-refractivity contribution in [1.29, 1.82) is 0 Å². The van der Waals surface area contributed by atoms with Crippen molar-refractivity contribution in [3.63, 3.8) is 0 Å². The predicted molar refractivity (Wildman–Crippen MR) is 60.1 cm³/mol. The standard InChI is InChI=1S/C13H15NO2/c15-10-5-1-8(2-6-10)11-7-12(11)13(16)14-9-3-4-9/h1-2,5-6,9,11-12,15H,3-4,7H2,(H,14,16). The lowest BCUT2D eigenvalue weighted by Gasteiger charge is -2.02. The first kappa shape index (κ1) is 9.70. The second kappa shape index (κ2) is 3.51. The third kappa shape index (κ3) is 1.90. The molecule has 2 saturated carbocycles. The highest BCUT2D eigenvalue weighted by Gasteiger charge is 2.44. The van der Waals surface area contributed by atoms with Crippen molar-refractivity contribution >= 4 is 5.91 Å². The van der Waals surface area contributed by atoms with Crippen LogP contribution in [0.5, 0.6) is 5.75 Å². The molecule has 3 heteroatoms. The van der Waals surface area contributed by atoms with Gasteiger partial charge in [-0.1, -0.05) is 12.1 Å². The van der Waals surface area contributed by atoms with Gasteiger partial charge in [-0.05, 0) is 42.9 Å². The third-order valence-electron chi connectivity index (χ3n) is 3.37. The molecular formula is C13H15NO2. The Morgan fingerprint density at radius 1 is 1.25 bits per heavy atom. The minimum Gasteiger partial charge on any atom is -0.508 e. The summed E-state index contributed by atoms with van der Waals surface area (Å²) in [6.45, 7) is 0. The molecule has 0 radical (unpaired) electrons. The Balaban J connectivity index is 1.62. The van der Waals surface area contributed by atoms with Gasteiger partial charge in [0.15, 0.2) is 0 Å². The minimum atomic E-state index is 0.158. The lowest BCUT2D eigenvalue weighted by atomic mass is 10.1. The summed E-state index contributed by atoms with van der Waals surface area (Å²) < 4.78 is 0. The fourth-order valence-electron chi connectivity index (χ4n) is 2.11. The molecule has 16 heavy (non-hydrogen) atoms. The average molecular weight is 217 g/mol. The van der Waals surface area contributed by atoms with E-state index in [2.05, 4.69) is 5.32 Å². The summed E-state index contributed by atoms with van der Waals surface area (Å²) in [5.41, 5.74) is 1.16. The maximum atomic E-state index is 11.7. The van der Waals surface area contributed by atoms with Gasteiger partial charge in [0.1, 0.15) is 5.75 Å². The Labute approximate surface area is 94.5 Å². The van der Waals surface area contributed by atoms with Crippen LogP contribution in [0, 0.1) is 5.92 Å². The van der Waals surface area contributed by atoms with Crippen molar-refractivity contribution < 1.29 is 9.90 Å². The van der Waals surface area contributed by atoms with E-state index in [1.807, 2.05) is 12.1 Å². The summed E-state index contributed by atoms with van der Waals surface area (Å²) in [4.78, 5) is 11.7. The van der Waals surface area contributed by atoms with Gasteiger partial charge in [-0.3, -0.25) is 4.79 Å². The summed E-state index contributed by atoms with van der Waals surface area (Å²) >= 11 is 0. The Bertz CT molecular complexity index is 408. The van der Waals surface area contributed by atoms with Crippen molar-refractivity contribution in [2.45, 2.75) is 31.2 Å². The molecular weight excluding hydrogens is 202 g/mol. The first-order valence-electron chi connectivity index (χ1n) is 5.83. The molecule has 0 aliphatic heterocycles. The Morgan fingerprint density at radius 2 is 1.94 bits per heavy atom. The summed E-state index contributed by atoms with van der Waals surface area (Å²) in [7, 11) is 0. The van der Waals surface area contributed by atoms with Crippen LogP contribution in [0.3, 0.4) is 0 Å². The van der Waals surface area contributed by atoms with Crippen LogP contribution in [0.2, 0.25) is 0 Å². The van der Waals surface area contributed by atoms with Gasteiger partial charge in [0.25, 0.3) is 0 Å². The smallest absolute Gasteiger partial charge is 0.223 e. The van der Waals surface area contributed by atoms with Crippen LogP contribution in [0.25, 0.3) is 0 Å². The Morgan fingerprint density at radius 3 is 2.56 bits per heavy atom. The van der Waals surface area contributed by atoms with Crippen LogP contribution in [0.1, 0.15) is 30.7 Å². The normalized spacial score (nSPS) is 27.5.